The zero-order valence-corrected chi connectivity index (χ0v) is 13.4. The zero-order chi connectivity index (χ0) is 16.5. The van der Waals surface area contributed by atoms with Crippen molar-refractivity contribution in [2.24, 2.45) is 5.73 Å². The van der Waals surface area contributed by atoms with Gasteiger partial charge in [0.25, 0.3) is 5.91 Å². The number of rotatable bonds is 7. The fourth-order valence-corrected chi connectivity index (χ4v) is 2.57. The van der Waals surface area contributed by atoms with Crippen molar-refractivity contribution in [3.8, 4) is 0 Å². The van der Waals surface area contributed by atoms with Crippen LogP contribution in [0.25, 0.3) is 6.08 Å². The van der Waals surface area contributed by atoms with Gasteiger partial charge in [-0.25, -0.2) is 0 Å². The Labute approximate surface area is 139 Å². The number of thioether (sulfide) groups is 1. The molecule has 0 saturated carbocycles. The maximum Gasteiger partial charge on any atom is 0.250 e. The first-order valence-corrected chi connectivity index (χ1v) is 8.30. The van der Waals surface area contributed by atoms with Gasteiger partial charge in [0.1, 0.15) is 0 Å². The minimum absolute atomic E-state index is 0.156. The molecule has 2 aromatic rings. The molecule has 2 amide bonds. The van der Waals surface area contributed by atoms with Crippen molar-refractivity contribution >= 4 is 35.3 Å². The molecule has 0 atom stereocenters. The highest BCUT2D eigenvalue weighted by Gasteiger charge is 2.09. The zero-order valence-electron chi connectivity index (χ0n) is 12.6. The first-order chi connectivity index (χ1) is 11.2. The molecular formula is C18H18N2O2S. The molecule has 0 heterocycles. The maximum absolute atomic E-state index is 11.9. The predicted octanol–water partition coefficient (Wildman–Crippen LogP) is 3.17. The van der Waals surface area contributed by atoms with Crippen molar-refractivity contribution in [3.63, 3.8) is 0 Å². The number of carbonyl (C=O) groups is 2. The van der Waals surface area contributed by atoms with Crippen molar-refractivity contribution in [1.82, 2.24) is 0 Å². The molecule has 0 spiro atoms. The van der Waals surface area contributed by atoms with Crippen LogP contribution in [0, 0.1) is 0 Å². The number of hydrogen-bond donors (Lipinski definition) is 2. The summed E-state index contributed by atoms with van der Waals surface area (Å²) in [5, 5.41) is 2.72. The minimum Gasteiger partial charge on any atom is -0.366 e. The van der Waals surface area contributed by atoms with Gasteiger partial charge in [-0.2, -0.15) is 0 Å². The van der Waals surface area contributed by atoms with E-state index in [1.807, 2.05) is 42.5 Å². The van der Waals surface area contributed by atoms with E-state index in [2.05, 4.69) is 5.32 Å². The molecule has 0 aliphatic carbocycles. The lowest BCUT2D eigenvalue weighted by Crippen LogP contribution is -2.19. The van der Waals surface area contributed by atoms with Crippen LogP contribution < -0.4 is 11.1 Å². The molecule has 0 aromatic heterocycles. The SMILES string of the molecule is NC(=O)c1ccccc1NC(=O)CSC/C=C/c1ccccc1. The van der Waals surface area contributed by atoms with Crippen LogP contribution in [-0.4, -0.2) is 23.3 Å². The Morgan fingerprint density at radius 3 is 2.48 bits per heavy atom. The molecular weight excluding hydrogens is 308 g/mol. The summed E-state index contributed by atoms with van der Waals surface area (Å²) in [4.78, 5) is 23.2. The van der Waals surface area contributed by atoms with E-state index in [4.69, 9.17) is 5.73 Å². The summed E-state index contributed by atoms with van der Waals surface area (Å²) >= 11 is 1.50. The minimum atomic E-state index is -0.556. The van der Waals surface area contributed by atoms with Crippen molar-refractivity contribution in [2.45, 2.75) is 0 Å². The lowest BCUT2D eigenvalue weighted by atomic mass is 10.1. The number of anilines is 1. The van der Waals surface area contributed by atoms with Crippen molar-refractivity contribution < 1.29 is 9.59 Å². The Bertz CT molecular complexity index is 699. The number of para-hydroxylation sites is 1. The molecule has 23 heavy (non-hydrogen) atoms. The molecule has 0 fully saturated rings. The van der Waals surface area contributed by atoms with E-state index in [-0.39, 0.29) is 5.91 Å². The molecule has 4 nitrogen and oxygen atoms in total. The van der Waals surface area contributed by atoms with Gasteiger partial charge < -0.3 is 11.1 Å². The third-order valence-electron chi connectivity index (χ3n) is 3.02. The van der Waals surface area contributed by atoms with Crippen LogP contribution in [0.4, 0.5) is 5.69 Å². The lowest BCUT2D eigenvalue weighted by molar-refractivity contribution is -0.113. The smallest absolute Gasteiger partial charge is 0.250 e. The summed E-state index contributed by atoms with van der Waals surface area (Å²) in [6.45, 7) is 0. The molecule has 3 N–H and O–H groups in total. The topological polar surface area (TPSA) is 72.2 Å². The Morgan fingerprint density at radius 1 is 1.04 bits per heavy atom. The number of amides is 2. The average molecular weight is 326 g/mol. The summed E-state index contributed by atoms with van der Waals surface area (Å²) in [5.41, 5.74) is 7.18. The predicted molar refractivity (Wildman–Crippen MR) is 96.4 cm³/mol. The number of nitrogens with two attached hydrogens (primary N) is 1. The van der Waals surface area contributed by atoms with E-state index >= 15 is 0 Å². The van der Waals surface area contributed by atoms with Gasteiger partial charge >= 0.3 is 0 Å². The molecule has 5 heteroatoms. The van der Waals surface area contributed by atoms with E-state index < -0.39 is 5.91 Å². The molecule has 2 aromatic carbocycles. The second kappa shape index (κ2) is 8.80. The lowest BCUT2D eigenvalue weighted by Gasteiger charge is -2.08. The molecule has 0 radical (unpaired) electrons. The largest absolute Gasteiger partial charge is 0.366 e. The Balaban J connectivity index is 1.78. The van der Waals surface area contributed by atoms with Crippen LogP contribution in [0.1, 0.15) is 15.9 Å². The maximum atomic E-state index is 11.9. The third kappa shape index (κ3) is 5.64. The Kier molecular flexibility index (Phi) is 6.44. The fraction of sp³-hybridized carbons (Fsp3) is 0.111. The van der Waals surface area contributed by atoms with Crippen molar-refractivity contribution in [2.75, 3.05) is 16.8 Å². The van der Waals surface area contributed by atoms with Crippen molar-refractivity contribution in [3.05, 3.63) is 71.8 Å². The first kappa shape index (κ1) is 16.8. The van der Waals surface area contributed by atoms with Crippen LogP contribution in [0.3, 0.4) is 0 Å². The Hall–Kier alpha value is -2.53. The van der Waals surface area contributed by atoms with Crippen LogP contribution in [0.2, 0.25) is 0 Å². The monoisotopic (exact) mass is 326 g/mol. The van der Waals surface area contributed by atoms with Crippen LogP contribution >= 0.6 is 11.8 Å². The standard InChI is InChI=1S/C18H18N2O2S/c19-18(22)15-10-4-5-11-16(15)20-17(21)13-23-12-6-9-14-7-2-1-3-8-14/h1-11H,12-13H2,(H2,19,22)(H,20,21)/b9-6+. The summed E-state index contributed by atoms with van der Waals surface area (Å²) in [6, 6.07) is 16.7. The second-order valence-electron chi connectivity index (χ2n) is 4.79. The van der Waals surface area contributed by atoms with E-state index in [1.54, 1.807) is 24.3 Å². The van der Waals surface area contributed by atoms with Crippen LogP contribution in [0.15, 0.2) is 60.7 Å². The van der Waals surface area contributed by atoms with E-state index in [1.165, 1.54) is 11.8 Å². The second-order valence-corrected chi connectivity index (χ2v) is 5.82. The summed E-state index contributed by atoms with van der Waals surface area (Å²) < 4.78 is 0. The summed E-state index contributed by atoms with van der Waals surface area (Å²) in [7, 11) is 0. The molecule has 0 aliphatic heterocycles. The van der Waals surface area contributed by atoms with Crippen LogP contribution in [-0.2, 0) is 4.79 Å². The molecule has 118 valence electrons. The number of nitrogens with one attached hydrogen (secondary N) is 1. The molecule has 0 saturated heterocycles. The number of carbonyl (C=O) groups excluding carboxylic acids is 2. The van der Waals surface area contributed by atoms with Gasteiger partial charge in [-0.05, 0) is 17.7 Å². The molecule has 2 rings (SSSR count). The quantitative estimate of drug-likeness (QED) is 0.768. The highest BCUT2D eigenvalue weighted by atomic mass is 32.2. The van der Waals surface area contributed by atoms with Crippen molar-refractivity contribution in [1.29, 1.82) is 0 Å². The van der Waals surface area contributed by atoms with Gasteiger partial charge in [0.15, 0.2) is 0 Å². The number of hydrogen-bond acceptors (Lipinski definition) is 3. The van der Waals surface area contributed by atoms with E-state index in [0.29, 0.717) is 17.0 Å². The van der Waals surface area contributed by atoms with Gasteiger partial charge in [0.05, 0.1) is 17.0 Å². The van der Waals surface area contributed by atoms with Gasteiger partial charge in [-0.1, -0.05) is 54.6 Å². The highest BCUT2D eigenvalue weighted by molar-refractivity contribution is 8.00. The fourth-order valence-electron chi connectivity index (χ4n) is 1.96. The third-order valence-corrected chi connectivity index (χ3v) is 3.92. The number of primary amides is 1. The normalized spacial score (nSPS) is 10.6. The molecule has 0 bridgehead atoms. The van der Waals surface area contributed by atoms with Gasteiger partial charge in [0, 0.05) is 5.75 Å². The van der Waals surface area contributed by atoms with E-state index in [0.717, 1.165) is 11.3 Å². The molecule has 0 unspecified atom stereocenters. The van der Waals surface area contributed by atoms with Gasteiger partial charge in [0.2, 0.25) is 5.91 Å². The average Bonchev–Trinajstić information content (AvgIpc) is 2.56. The summed E-state index contributed by atoms with van der Waals surface area (Å²) in [5.74, 6) is 0.336. The van der Waals surface area contributed by atoms with Crippen LogP contribution in [0.5, 0.6) is 0 Å². The van der Waals surface area contributed by atoms with Gasteiger partial charge in [-0.15, -0.1) is 11.8 Å². The molecule has 0 aliphatic rings. The highest BCUT2D eigenvalue weighted by Crippen LogP contribution is 2.15. The Morgan fingerprint density at radius 2 is 1.74 bits per heavy atom. The number of benzene rings is 2. The first-order valence-electron chi connectivity index (χ1n) is 7.15. The van der Waals surface area contributed by atoms with Gasteiger partial charge in [-0.3, -0.25) is 9.59 Å². The van der Waals surface area contributed by atoms with E-state index in [9.17, 15) is 9.59 Å². The summed E-state index contributed by atoms with van der Waals surface area (Å²) in [6.07, 6.45) is 4.04.